The van der Waals surface area contributed by atoms with Crippen LogP contribution in [0.15, 0.2) is 4.99 Å². The molecule has 0 amide bonds. The maximum Gasteiger partial charge on any atom is 0.191 e. The van der Waals surface area contributed by atoms with Gasteiger partial charge in [0, 0.05) is 38.4 Å². The zero-order valence-corrected chi connectivity index (χ0v) is 15.3. The summed E-state index contributed by atoms with van der Waals surface area (Å²) in [6, 6.07) is 0. The predicted octanol–water partition coefficient (Wildman–Crippen LogP) is 3.06. The number of guanidine groups is 1. The molecule has 130 valence electrons. The lowest BCUT2D eigenvalue weighted by Crippen LogP contribution is -2.37. The molecule has 0 spiro atoms. The summed E-state index contributed by atoms with van der Waals surface area (Å²) >= 11 is 0. The Morgan fingerprint density at radius 2 is 1.96 bits per heavy atom. The number of rotatable bonds is 6. The van der Waals surface area contributed by atoms with Gasteiger partial charge in [0.05, 0.1) is 5.69 Å². The van der Waals surface area contributed by atoms with Gasteiger partial charge < -0.3 is 10.6 Å². The molecule has 2 N–H and O–H groups in total. The molecule has 1 heterocycles. The monoisotopic (exact) mass is 319 g/mol. The zero-order valence-electron chi connectivity index (χ0n) is 15.3. The summed E-state index contributed by atoms with van der Waals surface area (Å²) in [4.78, 5) is 4.32. The van der Waals surface area contributed by atoms with Crippen LogP contribution in [-0.2, 0) is 13.6 Å². The third-order valence-corrected chi connectivity index (χ3v) is 5.12. The molecule has 0 bridgehead atoms. The van der Waals surface area contributed by atoms with E-state index in [4.69, 9.17) is 0 Å². The first-order valence-corrected chi connectivity index (χ1v) is 9.05. The van der Waals surface area contributed by atoms with Crippen molar-refractivity contribution in [3.63, 3.8) is 0 Å². The fourth-order valence-electron chi connectivity index (χ4n) is 3.54. The van der Waals surface area contributed by atoms with E-state index in [9.17, 15) is 0 Å². The lowest BCUT2D eigenvalue weighted by molar-refractivity contribution is 0.332. The summed E-state index contributed by atoms with van der Waals surface area (Å²) in [6.45, 7) is 5.94. The molecule has 1 aromatic rings. The first-order chi connectivity index (χ1) is 11.1. The first-order valence-electron chi connectivity index (χ1n) is 9.05. The minimum absolute atomic E-state index is 0.772. The number of hydrogen-bond donors (Lipinski definition) is 2. The second-order valence-corrected chi connectivity index (χ2v) is 6.77. The molecule has 0 atom stereocenters. The molecule has 0 unspecified atom stereocenters. The molecule has 1 fully saturated rings. The molecule has 0 aromatic carbocycles. The third-order valence-electron chi connectivity index (χ3n) is 5.12. The summed E-state index contributed by atoms with van der Waals surface area (Å²) < 4.78 is 1.94. The molecule has 0 aliphatic heterocycles. The topological polar surface area (TPSA) is 54.2 Å². The highest BCUT2D eigenvalue weighted by molar-refractivity contribution is 5.79. The second-order valence-electron chi connectivity index (χ2n) is 6.77. The molecule has 23 heavy (non-hydrogen) atoms. The van der Waals surface area contributed by atoms with E-state index < -0.39 is 0 Å². The van der Waals surface area contributed by atoms with Gasteiger partial charge in [-0.15, -0.1) is 0 Å². The highest BCUT2D eigenvalue weighted by Gasteiger charge is 2.13. The Labute approximate surface area is 141 Å². The number of hydrogen-bond acceptors (Lipinski definition) is 2. The summed E-state index contributed by atoms with van der Waals surface area (Å²) in [5, 5.41) is 11.3. The van der Waals surface area contributed by atoms with Crippen molar-refractivity contribution < 1.29 is 0 Å². The maximum atomic E-state index is 4.46. The summed E-state index contributed by atoms with van der Waals surface area (Å²) in [5.74, 6) is 1.84. The first kappa shape index (κ1) is 17.8. The smallest absolute Gasteiger partial charge is 0.191 e. The normalized spacial score (nSPS) is 16.6. The summed E-state index contributed by atoms with van der Waals surface area (Å²) in [7, 11) is 3.82. The Kier molecular flexibility index (Phi) is 6.93. The van der Waals surface area contributed by atoms with Crippen molar-refractivity contribution in [3.05, 3.63) is 17.0 Å². The van der Waals surface area contributed by atoms with Crippen LogP contribution in [0.3, 0.4) is 0 Å². The van der Waals surface area contributed by atoms with Crippen LogP contribution in [0.1, 0.15) is 61.9 Å². The van der Waals surface area contributed by atoms with Gasteiger partial charge in [-0.1, -0.05) is 32.1 Å². The molecule has 1 aromatic heterocycles. The summed E-state index contributed by atoms with van der Waals surface area (Å²) in [6.07, 6.45) is 9.77. The van der Waals surface area contributed by atoms with E-state index in [-0.39, 0.29) is 0 Å². The molecule has 1 aliphatic rings. The van der Waals surface area contributed by atoms with Gasteiger partial charge in [-0.25, -0.2) is 0 Å². The molecule has 2 rings (SSSR count). The quantitative estimate of drug-likeness (QED) is 0.481. The predicted molar refractivity (Wildman–Crippen MR) is 96.7 cm³/mol. The van der Waals surface area contributed by atoms with E-state index in [2.05, 4.69) is 34.6 Å². The van der Waals surface area contributed by atoms with E-state index in [1.807, 2.05) is 18.8 Å². The van der Waals surface area contributed by atoms with Gasteiger partial charge in [-0.05, 0) is 32.6 Å². The Hall–Kier alpha value is -1.52. The zero-order chi connectivity index (χ0) is 16.7. The van der Waals surface area contributed by atoms with Gasteiger partial charge in [0.15, 0.2) is 5.96 Å². The average molecular weight is 319 g/mol. The maximum absolute atomic E-state index is 4.46. The Morgan fingerprint density at radius 1 is 1.22 bits per heavy atom. The highest BCUT2D eigenvalue weighted by atomic mass is 15.3. The number of nitrogens with one attached hydrogen (secondary N) is 2. The minimum atomic E-state index is 0.772. The van der Waals surface area contributed by atoms with Crippen LogP contribution in [0.4, 0.5) is 0 Å². The van der Waals surface area contributed by atoms with Crippen LogP contribution in [0, 0.1) is 19.8 Å². The van der Waals surface area contributed by atoms with Gasteiger partial charge in [-0.3, -0.25) is 9.67 Å². The van der Waals surface area contributed by atoms with Crippen molar-refractivity contribution in [3.8, 4) is 0 Å². The van der Waals surface area contributed by atoms with Crippen LogP contribution in [0.5, 0.6) is 0 Å². The lowest BCUT2D eigenvalue weighted by atomic mass is 9.86. The third kappa shape index (κ3) is 5.26. The molecule has 5 nitrogen and oxygen atoms in total. The van der Waals surface area contributed by atoms with E-state index in [1.54, 1.807) is 0 Å². The van der Waals surface area contributed by atoms with E-state index in [1.165, 1.54) is 56.2 Å². The van der Waals surface area contributed by atoms with Gasteiger partial charge in [0.1, 0.15) is 0 Å². The number of nitrogens with zero attached hydrogens (tertiary/aromatic N) is 3. The molecule has 5 heteroatoms. The fourth-order valence-corrected chi connectivity index (χ4v) is 3.54. The molecule has 0 radical (unpaired) electrons. The Balaban J connectivity index is 1.69. The SMILES string of the molecule is CN=C(NCCCC1CCCCC1)NCc1c(C)nn(C)c1C. The van der Waals surface area contributed by atoms with Crippen molar-refractivity contribution in [2.45, 2.75) is 65.3 Å². The average Bonchev–Trinajstić information content (AvgIpc) is 2.80. The standard InChI is InChI=1S/C18H33N5/c1-14-17(15(2)23(4)22-14)13-21-18(19-3)20-12-8-11-16-9-6-5-7-10-16/h16H,5-13H2,1-4H3,(H2,19,20,21). The van der Waals surface area contributed by atoms with Crippen LogP contribution in [-0.4, -0.2) is 29.3 Å². The van der Waals surface area contributed by atoms with E-state index in [0.717, 1.165) is 30.7 Å². The van der Waals surface area contributed by atoms with Gasteiger partial charge >= 0.3 is 0 Å². The molecular formula is C18H33N5. The number of aliphatic imine (C=N–C) groups is 1. The Bertz CT molecular complexity index is 512. The fraction of sp³-hybridized carbons (Fsp3) is 0.778. The van der Waals surface area contributed by atoms with Gasteiger partial charge in [-0.2, -0.15) is 5.10 Å². The van der Waals surface area contributed by atoms with Crippen molar-refractivity contribution in [2.24, 2.45) is 18.0 Å². The summed E-state index contributed by atoms with van der Waals surface area (Å²) in [5.41, 5.74) is 3.56. The highest BCUT2D eigenvalue weighted by Crippen LogP contribution is 2.26. The van der Waals surface area contributed by atoms with Crippen molar-refractivity contribution in [1.82, 2.24) is 20.4 Å². The van der Waals surface area contributed by atoms with Gasteiger partial charge in [0.25, 0.3) is 0 Å². The van der Waals surface area contributed by atoms with Crippen LogP contribution >= 0.6 is 0 Å². The van der Waals surface area contributed by atoms with Gasteiger partial charge in [0.2, 0.25) is 0 Å². The molecule has 1 aliphatic carbocycles. The van der Waals surface area contributed by atoms with Crippen LogP contribution < -0.4 is 10.6 Å². The second kappa shape index (κ2) is 8.94. The van der Waals surface area contributed by atoms with E-state index in [0.29, 0.717) is 0 Å². The van der Waals surface area contributed by atoms with E-state index >= 15 is 0 Å². The largest absolute Gasteiger partial charge is 0.356 e. The lowest BCUT2D eigenvalue weighted by Gasteiger charge is -2.21. The Morgan fingerprint density at radius 3 is 2.57 bits per heavy atom. The molecular weight excluding hydrogens is 286 g/mol. The molecule has 1 saturated carbocycles. The van der Waals surface area contributed by atoms with Crippen molar-refractivity contribution in [2.75, 3.05) is 13.6 Å². The minimum Gasteiger partial charge on any atom is -0.356 e. The number of aryl methyl sites for hydroxylation is 2. The van der Waals surface area contributed by atoms with Crippen LogP contribution in [0.2, 0.25) is 0 Å². The van der Waals surface area contributed by atoms with Crippen LogP contribution in [0.25, 0.3) is 0 Å². The number of aromatic nitrogens is 2. The van der Waals surface area contributed by atoms with Crippen molar-refractivity contribution in [1.29, 1.82) is 0 Å². The van der Waals surface area contributed by atoms with Crippen molar-refractivity contribution >= 4 is 5.96 Å². The molecule has 0 saturated heterocycles.